The number of hydrogen-bond acceptors (Lipinski definition) is 2. The molecule has 1 aromatic carbocycles. The highest BCUT2D eigenvalue weighted by Gasteiger charge is 2.42. The fourth-order valence-corrected chi connectivity index (χ4v) is 1.89. The van der Waals surface area contributed by atoms with E-state index in [-0.39, 0.29) is 17.0 Å². The molecule has 1 heterocycles. The summed E-state index contributed by atoms with van der Waals surface area (Å²) in [7, 11) is 1.59. The lowest BCUT2D eigenvalue weighted by molar-refractivity contribution is -0.154. The maximum atomic E-state index is 13.1. The van der Waals surface area contributed by atoms with E-state index in [9.17, 15) is 18.0 Å². The number of halogens is 3. The van der Waals surface area contributed by atoms with E-state index in [2.05, 4.69) is 5.32 Å². The Balaban J connectivity index is 2.10. The molecule has 0 aliphatic heterocycles. The SMILES string of the molecule is Cn1ccc(C(NC(=O)Nc2ccc(O)cc2)C(F)(F)F)c1. The number of aryl methyl sites for hydroxylation is 1. The van der Waals surface area contributed by atoms with Crippen molar-refractivity contribution in [2.24, 2.45) is 7.05 Å². The lowest BCUT2D eigenvalue weighted by atomic mass is 10.1. The van der Waals surface area contributed by atoms with Crippen molar-refractivity contribution in [3.8, 4) is 5.75 Å². The summed E-state index contributed by atoms with van der Waals surface area (Å²) in [6, 6.07) is 3.57. The molecule has 3 N–H and O–H groups in total. The Morgan fingerprint density at radius 1 is 1.23 bits per heavy atom. The molecular weight excluding hydrogens is 299 g/mol. The highest BCUT2D eigenvalue weighted by molar-refractivity contribution is 5.89. The number of nitrogens with one attached hydrogen (secondary N) is 2. The quantitative estimate of drug-likeness (QED) is 0.762. The van der Waals surface area contributed by atoms with Gasteiger partial charge in [0, 0.05) is 30.7 Å². The van der Waals surface area contributed by atoms with E-state index in [1.807, 2.05) is 5.32 Å². The maximum absolute atomic E-state index is 13.1. The van der Waals surface area contributed by atoms with Gasteiger partial charge in [-0.05, 0) is 30.3 Å². The molecule has 0 saturated heterocycles. The molecule has 0 fully saturated rings. The highest BCUT2D eigenvalue weighted by atomic mass is 19.4. The van der Waals surface area contributed by atoms with Crippen molar-refractivity contribution in [3.05, 3.63) is 48.3 Å². The second-order valence-electron chi connectivity index (χ2n) is 4.73. The number of aromatic hydroxyl groups is 1. The number of amides is 2. The van der Waals surface area contributed by atoms with Crippen LogP contribution in [-0.2, 0) is 7.05 Å². The van der Waals surface area contributed by atoms with Crippen molar-refractivity contribution in [3.63, 3.8) is 0 Å². The number of alkyl halides is 3. The van der Waals surface area contributed by atoms with Crippen LogP contribution in [0.15, 0.2) is 42.7 Å². The van der Waals surface area contributed by atoms with Crippen LogP contribution in [0.5, 0.6) is 5.75 Å². The first-order valence-corrected chi connectivity index (χ1v) is 6.31. The molecule has 2 aromatic rings. The molecule has 0 aliphatic carbocycles. The monoisotopic (exact) mass is 313 g/mol. The standard InChI is InChI=1S/C14H14F3N3O2/c1-20-7-6-9(8-20)12(14(15,16)17)19-13(22)18-10-2-4-11(21)5-3-10/h2-8,12,21H,1H3,(H2,18,19,22). The van der Waals surface area contributed by atoms with E-state index < -0.39 is 18.2 Å². The minimum atomic E-state index is -4.62. The Morgan fingerprint density at radius 2 is 1.86 bits per heavy atom. The van der Waals surface area contributed by atoms with Crippen LogP contribution < -0.4 is 10.6 Å². The number of phenolic OH excluding ortho intramolecular Hbond substituents is 1. The summed E-state index contributed by atoms with van der Waals surface area (Å²) in [5.74, 6) is -0.0107. The fraction of sp³-hybridized carbons (Fsp3) is 0.214. The Hall–Kier alpha value is -2.64. The third kappa shape index (κ3) is 3.94. The number of rotatable bonds is 3. The molecule has 118 valence electrons. The zero-order valence-electron chi connectivity index (χ0n) is 11.6. The second-order valence-corrected chi connectivity index (χ2v) is 4.73. The summed E-state index contributed by atoms with van der Waals surface area (Å²) >= 11 is 0. The number of phenols is 1. The normalized spacial score (nSPS) is 12.7. The first kappa shape index (κ1) is 15.7. The van der Waals surface area contributed by atoms with Gasteiger partial charge in [0.15, 0.2) is 6.04 Å². The molecular formula is C14H14F3N3O2. The number of hydrogen-bond donors (Lipinski definition) is 3. The Bertz CT molecular complexity index is 650. The summed E-state index contributed by atoms with van der Waals surface area (Å²) in [6.45, 7) is 0. The van der Waals surface area contributed by atoms with Crippen LogP contribution in [0.25, 0.3) is 0 Å². The van der Waals surface area contributed by atoms with Crippen LogP contribution in [0.1, 0.15) is 11.6 Å². The Labute approximate surface area is 124 Å². The van der Waals surface area contributed by atoms with Crippen LogP contribution in [0, 0.1) is 0 Å². The minimum absolute atomic E-state index is 0.0107. The van der Waals surface area contributed by atoms with E-state index in [1.165, 1.54) is 47.3 Å². The molecule has 0 bridgehead atoms. The lowest BCUT2D eigenvalue weighted by Crippen LogP contribution is -2.40. The predicted molar refractivity (Wildman–Crippen MR) is 74.5 cm³/mol. The van der Waals surface area contributed by atoms with Gasteiger partial charge >= 0.3 is 12.2 Å². The largest absolute Gasteiger partial charge is 0.508 e. The van der Waals surface area contributed by atoms with Crippen LogP contribution in [-0.4, -0.2) is 21.9 Å². The third-order valence-electron chi connectivity index (χ3n) is 2.92. The molecule has 22 heavy (non-hydrogen) atoms. The average Bonchev–Trinajstić information content (AvgIpc) is 2.84. The molecule has 1 atom stereocenters. The molecule has 0 radical (unpaired) electrons. The van der Waals surface area contributed by atoms with E-state index in [0.29, 0.717) is 0 Å². The van der Waals surface area contributed by atoms with E-state index in [0.717, 1.165) is 0 Å². The van der Waals surface area contributed by atoms with Crippen molar-refractivity contribution in [1.29, 1.82) is 0 Å². The van der Waals surface area contributed by atoms with Gasteiger partial charge in [0.1, 0.15) is 5.75 Å². The van der Waals surface area contributed by atoms with E-state index in [1.54, 1.807) is 7.05 Å². The first-order chi connectivity index (χ1) is 10.3. The number of nitrogens with zero attached hydrogens (tertiary/aromatic N) is 1. The fourth-order valence-electron chi connectivity index (χ4n) is 1.89. The second kappa shape index (κ2) is 6.00. The van der Waals surface area contributed by atoms with Crippen molar-refractivity contribution >= 4 is 11.7 Å². The zero-order chi connectivity index (χ0) is 16.3. The average molecular weight is 313 g/mol. The van der Waals surface area contributed by atoms with Crippen molar-refractivity contribution < 1.29 is 23.1 Å². The van der Waals surface area contributed by atoms with Crippen molar-refractivity contribution in [2.75, 3.05) is 5.32 Å². The maximum Gasteiger partial charge on any atom is 0.412 e. The molecule has 0 saturated carbocycles. The van der Waals surface area contributed by atoms with Crippen LogP contribution in [0.3, 0.4) is 0 Å². The van der Waals surface area contributed by atoms with Gasteiger partial charge in [-0.1, -0.05) is 0 Å². The van der Waals surface area contributed by atoms with Gasteiger partial charge in [0.05, 0.1) is 0 Å². The molecule has 1 aromatic heterocycles. The predicted octanol–water partition coefficient (Wildman–Crippen LogP) is 3.16. The van der Waals surface area contributed by atoms with E-state index in [4.69, 9.17) is 5.11 Å². The Kier molecular flexibility index (Phi) is 4.30. The molecule has 5 nitrogen and oxygen atoms in total. The number of carbonyl (C=O) groups excluding carboxylic acids is 1. The topological polar surface area (TPSA) is 66.3 Å². The van der Waals surface area contributed by atoms with Crippen LogP contribution >= 0.6 is 0 Å². The van der Waals surface area contributed by atoms with Crippen molar-refractivity contribution in [2.45, 2.75) is 12.2 Å². The molecule has 8 heteroatoms. The van der Waals surface area contributed by atoms with Crippen LogP contribution in [0.4, 0.5) is 23.7 Å². The number of aromatic nitrogens is 1. The molecule has 2 amide bonds. The van der Waals surface area contributed by atoms with Gasteiger partial charge < -0.3 is 20.3 Å². The smallest absolute Gasteiger partial charge is 0.412 e. The summed E-state index contributed by atoms with van der Waals surface area (Å²) in [5, 5.41) is 13.3. The zero-order valence-corrected chi connectivity index (χ0v) is 11.6. The summed E-state index contributed by atoms with van der Waals surface area (Å²) in [5.41, 5.74) is 0.208. The van der Waals surface area contributed by atoms with Gasteiger partial charge in [0.25, 0.3) is 0 Å². The Morgan fingerprint density at radius 3 is 2.36 bits per heavy atom. The number of benzene rings is 1. The van der Waals surface area contributed by atoms with Crippen LogP contribution in [0.2, 0.25) is 0 Å². The molecule has 1 unspecified atom stereocenters. The van der Waals surface area contributed by atoms with Gasteiger partial charge in [-0.3, -0.25) is 0 Å². The molecule has 0 aliphatic rings. The number of urea groups is 1. The number of anilines is 1. The van der Waals surface area contributed by atoms with Gasteiger partial charge in [-0.15, -0.1) is 0 Å². The number of carbonyl (C=O) groups is 1. The first-order valence-electron chi connectivity index (χ1n) is 6.31. The van der Waals surface area contributed by atoms with Gasteiger partial charge in [-0.25, -0.2) is 4.79 Å². The minimum Gasteiger partial charge on any atom is -0.508 e. The van der Waals surface area contributed by atoms with Gasteiger partial charge in [0.2, 0.25) is 0 Å². The summed E-state index contributed by atoms with van der Waals surface area (Å²) < 4.78 is 40.7. The summed E-state index contributed by atoms with van der Waals surface area (Å²) in [4.78, 5) is 11.7. The van der Waals surface area contributed by atoms with E-state index >= 15 is 0 Å². The highest BCUT2D eigenvalue weighted by Crippen LogP contribution is 2.32. The molecule has 0 spiro atoms. The lowest BCUT2D eigenvalue weighted by Gasteiger charge is -2.21. The third-order valence-corrected chi connectivity index (χ3v) is 2.92. The van der Waals surface area contributed by atoms with Gasteiger partial charge in [-0.2, -0.15) is 13.2 Å². The van der Waals surface area contributed by atoms with Crippen molar-refractivity contribution in [1.82, 2.24) is 9.88 Å². The molecule has 2 rings (SSSR count). The summed E-state index contributed by atoms with van der Waals surface area (Å²) in [6.07, 6.45) is -1.86.